The molecule has 0 bridgehead atoms. The first kappa shape index (κ1) is 14.8. The third-order valence-corrected chi connectivity index (χ3v) is 2.61. The van der Waals surface area contributed by atoms with Crippen LogP contribution in [0, 0.1) is 5.82 Å². The first-order valence-corrected chi connectivity index (χ1v) is 6.58. The maximum Gasteiger partial charge on any atom is 0.262 e. The van der Waals surface area contributed by atoms with Crippen molar-refractivity contribution in [2.75, 3.05) is 18.5 Å². The van der Waals surface area contributed by atoms with Gasteiger partial charge in [-0.05, 0) is 43.3 Å². The molecule has 0 aliphatic heterocycles. The summed E-state index contributed by atoms with van der Waals surface area (Å²) in [6.07, 6.45) is 0. The number of carbonyl (C=O) groups excluding carboxylic acids is 1. The molecule has 21 heavy (non-hydrogen) atoms. The summed E-state index contributed by atoms with van der Waals surface area (Å²) in [5, 5.41) is 2.62. The zero-order valence-corrected chi connectivity index (χ0v) is 11.6. The molecule has 0 saturated carbocycles. The zero-order chi connectivity index (χ0) is 15.1. The Morgan fingerprint density at radius 3 is 2.43 bits per heavy atom. The summed E-state index contributed by atoms with van der Waals surface area (Å²) in [4.78, 5) is 11.7. The molecule has 0 aliphatic rings. The summed E-state index contributed by atoms with van der Waals surface area (Å²) in [5.41, 5.74) is 0.521. The van der Waals surface area contributed by atoms with E-state index in [0.29, 0.717) is 23.8 Å². The van der Waals surface area contributed by atoms with Gasteiger partial charge >= 0.3 is 0 Å². The van der Waals surface area contributed by atoms with Crippen molar-refractivity contribution < 1.29 is 18.7 Å². The molecule has 0 fully saturated rings. The van der Waals surface area contributed by atoms with Crippen LogP contribution in [0.25, 0.3) is 0 Å². The molecule has 0 unspecified atom stereocenters. The van der Waals surface area contributed by atoms with Crippen LogP contribution in [0.1, 0.15) is 6.92 Å². The van der Waals surface area contributed by atoms with Crippen molar-refractivity contribution >= 4 is 11.6 Å². The van der Waals surface area contributed by atoms with Gasteiger partial charge in [0, 0.05) is 11.8 Å². The van der Waals surface area contributed by atoms with Crippen LogP contribution < -0.4 is 14.8 Å². The first-order chi connectivity index (χ1) is 10.2. The van der Waals surface area contributed by atoms with E-state index in [2.05, 4.69) is 5.32 Å². The number of nitrogens with one attached hydrogen (secondary N) is 1. The molecule has 2 aromatic carbocycles. The van der Waals surface area contributed by atoms with E-state index < -0.39 is 0 Å². The molecular weight excluding hydrogens is 273 g/mol. The minimum atomic E-state index is -0.350. The predicted molar refractivity (Wildman–Crippen MR) is 78.1 cm³/mol. The molecule has 0 heterocycles. The van der Waals surface area contributed by atoms with Gasteiger partial charge in [0.15, 0.2) is 6.61 Å². The normalized spacial score (nSPS) is 10.0. The van der Waals surface area contributed by atoms with Crippen LogP contribution >= 0.6 is 0 Å². The standard InChI is InChI=1S/C16H16FNO3/c1-2-20-14-4-3-5-15(10-14)21-11-16(19)18-13-8-6-12(17)7-9-13/h3-10H,2,11H2,1H3,(H,18,19). The molecule has 0 saturated heterocycles. The van der Waals surface area contributed by atoms with Crippen LogP contribution in [0.3, 0.4) is 0 Å². The lowest BCUT2D eigenvalue weighted by atomic mass is 10.3. The van der Waals surface area contributed by atoms with E-state index in [-0.39, 0.29) is 18.3 Å². The Kier molecular flexibility index (Phi) is 5.15. The molecule has 1 N–H and O–H groups in total. The third kappa shape index (κ3) is 4.80. The van der Waals surface area contributed by atoms with E-state index in [0.717, 1.165) is 0 Å². The summed E-state index contributed by atoms with van der Waals surface area (Å²) in [6.45, 7) is 2.32. The highest BCUT2D eigenvalue weighted by Gasteiger charge is 2.04. The fraction of sp³-hybridized carbons (Fsp3) is 0.188. The summed E-state index contributed by atoms with van der Waals surface area (Å²) < 4.78 is 23.5. The van der Waals surface area contributed by atoms with Gasteiger partial charge in [-0.15, -0.1) is 0 Å². The van der Waals surface area contributed by atoms with Gasteiger partial charge < -0.3 is 14.8 Å². The van der Waals surface area contributed by atoms with Crippen molar-refractivity contribution in [3.8, 4) is 11.5 Å². The van der Waals surface area contributed by atoms with Crippen LogP contribution in [0.5, 0.6) is 11.5 Å². The number of halogens is 1. The number of carbonyl (C=O) groups is 1. The highest BCUT2D eigenvalue weighted by atomic mass is 19.1. The van der Waals surface area contributed by atoms with Crippen molar-refractivity contribution in [2.24, 2.45) is 0 Å². The number of hydrogen-bond donors (Lipinski definition) is 1. The van der Waals surface area contributed by atoms with Crippen molar-refractivity contribution in [2.45, 2.75) is 6.92 Å². The second-order valence-corrected chi connectivity index (χ2v) is 4.25. The van der Waals surface area contributed by atoms with E-state index in [1.165, 1.54) is 24.3 Å². The largest absolute Gasteiger partial charge is 0.494 e. The topological polar surface area (TPSA) is 47.6 Å². The molecular formula is C16H16FNO3. The average Bonchev–Trinajstić information content (AvgIpc) is 2.48. The molecule has 5 heteroatoms. The monoisotopic (exact) mass is 289 g/mol. The fourth-order valence-corrected chi connectivity index (χ4v) is 1.70. The average molecular weight is 289 g/mol. The highest BCUT2D eigenvalue weighted by Crippen LogP contribution is 2.19. The number of amides is 1. The van der Waals surface area contributed by atoms with Crippen LogP contribution in [0.4, 0.5) is 10.1 Å². The Morgan fingerprint density at radius 2 is 1.76 bits per heavy atom. The third-order valence-electron chi connectivity index (χ3n) is 2.61. The molecule has 1 amide bonds. The van der Waals surface area contributed by atoms with Crippen molar-refractivity contribution in [1.29, 1.82) is 0 Å². The lowest BCUT2D eigenvalue weighted by Gasteiger charge is -2.09. The van der Waals surface area contributed by atoms with Gasteiger partial charge in [-0.3, -0.25) is 4.79 Å². The molecule has 0 radical (unpaired) electrons. The highest BCUT2D eigenvalue weighted by molar-refractivity contribution is 5.91. The van der Waals surface area contributed by atoms with Gasteiger partial charge in [0.05, 0.1) is 6.61 Å². The number of hydrogen-bond acceptors (Lipinski definition) is 3. The van der Waals surface area contributed by atoms with Gasteiger partial charge in [0.1, 0.15) is 17.3 Å². The zero-order valence-electron chi connectivity index (χ0n) is 11.6. The van der Waals surface area contributed by atoms with Gasteiger partial charge in [-0.25, -0.2) is 4.39 Å². The lowest BCUT2D eigenvalue weighted by molar-refractivity contribution is -0.118. The number of ether oxygens (including phenoxy) is 2. The van der Waals surface area contributed by atoms with Crippen molar-refractivity contribution in [3.05, 3.63) is 54.3 Å². The van der Waals surface area contributed by atoms with Gasteiger partial charge in [-0.1, -0.05) is 6.07 Å². The minimum Gasteiger partial charge on any atom is -0.494 e. The fourth-order valence-electron chi connectivity index (χ4n) is 1.70. The SMILES string of the molecule is CCOc1cccc(OCC(=O)Nc2ccc(F)cc2)c1. The Balaban J connectivity index is 1.86. The number of anilines is 1. The molecule has 0 aromatic heterocycles. The summed E-state index contributed by atoms with van der Waals surface area (Å²) in [6, 6.07) is 12.6. The second kappa shape index (κ2) is 7.28. The first-order valence-electron chi connectivity index (χ1n) is 6.58. The van der Waals surface area contributed by atoms with Gasteiger partial charge in [-0.2, -0.15) is 0 Å². The summed E-state index contributed by atoms with van der Waals surface area (Å²) in [5.74, 6) is 0.574. The minimum absolute atomic E-state index is 0.132. The number of benzene rings is 2. The van der Waals surface area contributed by atoms with Crippen LogP contribution in [0.15, 0.2) is 48.5 Å². The Bertz CT molecular complexity index is 599. The maximum absolute atomic E-state index is 12.7. The molecule has 0 aliphatic carbocycles. The van der Waals surface area contributed by atoms with Crippen LogP contribution in [0.2, 0.25) is 0 Å². The van der Waals surface area contributed by atoms with E-state index in [9.17, 15) is 9.18 Å². The molecule has 0 atom stereocenters. The lowest BCUT2D eigenvalue weighted by Crippen LogP contribution is -2.20. The van der Waals surface area contributed by atoms with E-state index in [1.807, 2.05) is 13.0 Å². The Hall–Kier alpha value is -2.56. The van der Waals surface area contributed by atoms with E-state index in [1.54, 1.807) is 18.2 Å². The van der Waals surface area contributed by atoms with E-state index in [4.69, 9.17) is 9.47 Å². The quantitative estimate of drug-likeness (QED) is 0.888. The Morgan fingerprint density at radius 1 is 1.10 bits per heavy atom. The van der Waals surface area contributed by atoms with Crippen molar-refractivity contribution in [1.82, 2.24) is 0 Å². The molecule has 0 spiro atoms. The molecule has 2 aromatic rings. The molecule has 2 rings (SSSR count). The number of rotatable bonds is 6. The van der Waals surface area contributed by atoms with E-state index >= 15 is 0 Å². The van der Waals surface area contributed by atoms with Crippen LogP contribution in [-0.4, -0.2) is 19.1 Å². The Labute approximate surface area is 122 Å². The van der Waals surface area contributed by atoms with Gasteiger partial charge in [0.2, 0.25) is 0 Å². The van der Waals surface area contributed by atoms with Crippen molar-refractivity contribution in [3.63, 3.8) is 0 Å². The molecule has 4 nitrogen and oxygen atoms in total. The predicted octanol–water partition coefficient (Wildman–Crippen LogP) is 3.24. The maximum atomic E-state index is 12.7. The second-order valence-electron chi connectivity index (χ2n) is 4.25. The van der Waals surface area contributed by atoms with Crippen LogP contribution in [-0.2, 0) is 4.79 Å². The van der Waals surface area contributed by atoms with Gasteiger partial charge in [0.25, 0.3) is 5.91 Å². The summed E-state index contributed by atoms with van der Waals surface area (Å²) >= 11 is 0. The summed E-state index contributed by atoms with van der Waals surface area (Å²) in [7, 11) is 0. The smallest absolute Gasteiger partial charge is 0.262 e. The molecule has 110 valence electrons.